The number of nitriles is 1. The summed E-state index contributed by atoms with van der Waals surface area (Å²) in [6.07, 6.45) is -3.12. The standard InChI is InChI=1S/C16H20N4O2.C2HF3O2/c17-11-13-7-4-10-20(13)16(22)14(18)8-9-15(21)19-12-5-2-1-3-6-12;3-2(4,5)1(6)7/h1-3,5-6,13-14H,4,7-10,18H2,(H,19,21);(H,6,7)/t13-,14-;/m0./s1. The van der Waals surface area contributed by atoms with E-state index in [-0.39, 0.29) is 30.7 Å². The van der Waals surface area contributed by atoms with Gasteiger partial charge in [0, 0.05) is 18.7 Å². The number of alkyl halides is 3. The highest BCUT2D eigenvalue weighted by Crippen LogP contribution is 2.18. The number of nitrogens with one attached hydrogen (secondary N) is 1. The lowest BCUT2D eigenvalue weighted by molar-refractivity contribution is -0.192. The van der Waals surface area contributed by atoms with E-state index in [1.807, 2.05) is 18.2 Å². The second kappa shape index (κ2) is 11.0. The minimum Gasteiger partial charge on any atom is -0.475 e. The molecule has 8 nitrogen and oxygen atoms in total. The van der Waals surface area contributed by atoms with Crippen LogP contribution in [0.2, 0.25) is 0 Å². The normalized spacial score (nSPS) is 16.8. The molecule has 1 aromatic carbocycles. The maximum atomic E-state index is 12.2. The first-order valence-corrected chi connectivity index (χ1v) is 8.67. The molecule has 1 aromatic rings. The molecule has 4 N–H and O–H groups in total. The summed E-state index contributed by atoms with van der Waals surface area (Å²) < 4.78 is 31.7. The Morgan fingerprint density at radius 2 is 1.90 bits per heavy atom. The minimum absolute atomic E-state index is 0.173. The Hall–Kier alpha value is -3.13. The number of para-hydroxylation sites is 1. The van der Waals surface area contributed by atoms with Gasteiger partial charge in [-0.3, -0.25) is 9.59 Å². The molecular formula is C18H21F3N4O4. The Bertz CT molecular complexity index is 750. The van der Waals surface area contributed by atoms with Crippen LogP contribution in [0.25, 0.3) is 0 Å². The SMILES string of the molecule is N#C[C@@H]1CCCN1C(=O)[C@@H](N)CCC(=O)Nc1ccccc1.O=C(O)C(F)(F)F. The molecule has 0 bridgehead atoms. The molecule has 1 heterocycles. The smallest absolute Gasteiger partial charge is 0.475 e. The third-order valence-electron chi connectivity index (χ3n) is 3.98. The van der Waals surface area contributed by atoms with E-state index in [1.54, 1.807) is 12.1 Å². The van der Waals surface area contributed by atoms with Crippen LogP contribution in [-0.4, -0.2) is 52.6 Å². The molecule has 29 heavy (non-hydrogen) atoms. The van der Waals surface area contributed by atoms with Gasteiger partial charge in [-0.2, -0.15) is 18.4 Å². The first kappa shape index (κ1) is 23.9. The number of nitrogens with two attached hydrogens (primary N) is 1. The third-order valence-corrected chi connectivity index (χ3v) is 3.98. The molecule has 0 spiro atoms. The Kier molecular flexibility index (Phi) is 9.08. The molecule has 1 aliphatic rings. The highest BCUT2D eigenvalue weighted by Gasteiger charge is 2.38. The van der Waals surface area contributed by atoms with Crippen molar-refractivity contribution in [2.45, 2.75) is 43.9 Å². The van der Waals surface area contributed by atoms with Crippen LogP contribution in [0.15, 0.2) is 30.3 Å². The monoisotopic (exact) mass is 414 g/mol. The van der Waals surface area contributed by atoms with Crippen LogP contribution >= 0.6 is 0 Å². The second-order valence-corrected chi connectivity index (χ2v) is 6.18. The molecular weight excluding hydrogens is 393 g/mol. The van der Waals surface area contributed by atoms with Gasteiger partial charge in [0.15, 0.2) is 0 Å². The molecule has 2 rings (SSSR count). The van der Waals surface area contributed by atoms with Gasteiger partial charge in [-0.1, -0.05) is 18.2 Å². The van der Waals surface area contributed by atoms with E-state index < -0.39 is 18.2 Å². The van der Waals surface area contributed by atoms with Crippen molar-refractivity contribution in [1.29, 1.82) is 5.26 Å². The number of benzene rings is 1. The van der Waals surface area contributed by atoms with Gasteiger partial charge in [-0.15, -0.1) is 0 Å². The number of aliphatic carboxylic acids is 1. The predicted molar refractivity (Wildman–Crippen MR) is 96.3 cm³/mol. The Labute approximate surface area is 165 Å². The fourth-order valence-electron chi connectivity index (χ4n) is 2.53. The zero-order valence-corrected chi connectivity index (χ0v) is 15.4. The zero-order valence-electron chi connectivity index (χ0n) is 15.4. The van der Waals surface area contributed by atoms with Gasteiger partial charge in [0.2, 0.25) is 11.8 Å². The summed E-state index contributed by atoms with van der Waals surface area (Å²) in [6.45, 7) is 0.570. The van der Waals surface area contributed by atoms with Crippen molar-refractivity contribution in [3.8, 4) is 6.07 Å². The largest absolute Gasteiger partial charge is 0.490 e. The molecule has 0 unspecified atom stereocenters. The zero-order chi connectivity index (χ0) is 22.0. The average molecular weight is 414 g/mol. The number of nitrogens with zero attached hydrogens (tertiary/aromatic N) is 2. The Balaban J connectivity index is 0.000000516. The van der Waals surface area contributed by atoms with Gasteiger partial charge in [0.25, 0.3) is 0 Å². The number of carboxylic acids is 1. The molecule has 2 amide bonds. The lowest BCUT2D eigenvalue weighted by Crippen LogP contribution is -2.45. The molecule has 2 atom stereocenters. The lowest BCUT2D eigenvalue weighted by atomic mass is 10.1. The summed E-state index contributed by atoms with van der Waals surface area (Å²) in [4.78, 5) is 34.5. The van der Waals surface area contributed by atoms with Crippen molar-refractivity contribution in [2.24, 2.45) is 5.73 Å². The topological polar surface area (TPSA) is 137 Å². The maximum Gasteiger partial charge on any atom is 0.490 e. The molecule has 0 aliphatic carbocycles. The molecule has 0 saturated carbocycles. The summed E-state index contributed by atoms with van der Waals surface area (Å²) in [5.41, 5.74) is 6.59. The number of anilines is 1. The number of carboxylic acid groups (broad SMARTS) is 1. The minimum atomic E-state index is -5.08. The summed E-state index contributed by atoms with van der Waals surface area (Å²) in [7, 11) is 0. The number of hydrogen-bond donors (Lipinski definition) is 3. The van der Waals surface area contributed by atoms with Crippen LogP contribution in [0.5, 0.6) is 0 Å². The number of halogens is 3. The second-order valence-electron chi connectivity index (χ2n) is 6.18. The predicted octanol–water partition coefficient (Wildman–Crippen LogP) is 1.88. The van der Waals surface area contributed by atoms with E-state index in [2.05, 4.69) is 11.4 Å². The van der Waals surface area contributed by atoms with Crippen molar-refractivity contribution in [1.82, 2.24) is 4.90 Å². The van der Waals surface area contributed by atoms with E-state index in [1.165, 1.54) is 4.90 Å². The highest BCUT2D eigenvalue weighted by atomic mass is 19.4. The van der Waals surface area contributed by atoms with Gasteiger partial charge in [-0.05, 0) is 31.4 Å². The van der Waals surface area contributed by atoms with Gasteiger partial charge < -0.3 is 21.1 Å². The number of rotatable bonds is 5. The molecule has 1 saturated heterocycles. The van der Waals surface area contributed by atoms with Crippen LogP contribution in [-0.2, 0) is 14.4 Å². The molecule has 0 aromatic heterocycles. The molecule has 11 heteroatoms. The van der Waals surface area contributed by atoms with Gasteiger partial charge in [0.05, 0.1) is 12.1 Å². The first-order chi connectivity index (χ1) is 13.6. The number of hydrogen-bond acceptors (Lipinski definition) is 5. The van der Waals surface area contributed by atoms with Crippen LogP contribution in [0.4, 0.5) is 18.9 Å². The molecule has 158 valence electrons. The van der Waals surface area contributed by atoms with Crippen molar-refractivity contribution in [3.63, 3.8) is 0 Å². The number of amides is 2. The molecule has 1 aliphatic heterocycles. The molecule has 0 radical (unpaired) electrons. The van der Waals surface area contributed by atoms with Gasteiger partial charge >= 0.3 is 12.1 Å². The van der Waals surface area contributed by atoms with E-state index in [0.717, 1.165) is 12.1 Å². The average Bonchev–Trinajstić information content (AvgIpc) is 3.14. The van der Waals surface area contributed by atoms with Gasteiger partial charge in [-0.25, -0.2) is 4.79 Å². The van der Waals surface area contributed by atoms with Crippen LogP contribution < -0.4 is 11.1 Å². The van der Waals surface area contributed by atoms with Crippen LogP contribution in [0.3, 0.4) is 0 Å². The number of likely N-dealkylation sites (tertiary alicyclic amines) is 1. The van der Waals surface area contributed by atoms with Gasteiger partial charge in [0.1, 0.15) is 6.04 Å². The lowest BCUT2D eigenvalue weighted by Gasteiger charge is -2.23. The molecule has 1 fully saturated rings. The third kappa shape index (κ3) is 8.18. The van der Waals surface area contributed by atoms with Crippen molar-refractivity contribution < 1.29 is 32.7 Å². The van der Waals surface area contributed by atoms with Crippen molar-refractivity contribution in [3.05, 3.63) is 30.3 Å². The highest BCUT2D eigenvalue weighted by molar-refractivity contribution is 5.91. The van der Waals surface area contributed by atoms with Crippen molar-refractivity contribution in [2.75, 3.05) is 11.9 Å². The van der Waals surface area contributed by atoms with Crippen LogP contribution in [0.1, 0.15) is 25.7 Å². The van der Waals surface area contributed by atoms with Crippen LogP contribution in [0, 0.1) is 11.3 Å². The summed E-state index contributed by atoms with van der Waals surface area (Å²) in [6, 6.07) is 10.1. The Morgan fingerprint density at radius 1 is 1.31 bits per heavy atom. The van der Waals surface area contributed by atoms with E-state index >= 15 is 0 Å². The first-order valence-electron chi connectivity index (χ1n) is 8.67. The maximum absolute atomic E-state index is 12.2. The van der Waals surface area contributed by atoms with E-state index in [9.17, 15) is 22.8 Å². The van der Waals surface area contributed by atoms with E-state index in [4.69, 9.17) is 20.9 Å². The van der Waals surface area contributed by atoms with E-state index in [0.29, 0.717) is 13.0 Å². The Morgan fingerprint density at radius 3 is 2.41 bits per heavy atom. The number of carbonyl (C=O) groups excluding carboxylic acids is 2. The summed E-state index contributed by atoms with van der Waals surface area (Å²) in [5, 5.41) is 18.9. The fourth-order valence-corrected chi connectivity index (χ4v) is 2.53. The quantitative estimate of drug-likeness (QED) is 0.673. The number of carbonyl (C=O) groups is 3. The van der Waals surface area contributed by atoms with Crippen molar-refractivity contribution >= 4 is 23.5 Å². The summed E-state index contributed by atoms with van der Waals surface area (Å²) >= 11 is 0. The summed E-state index contributed by atoms with van der Waals surface area (Å²) in [5.74, 6) is -3.17. The fraction of sp³-hybridized carbons (Fsp3) is 0.444.